The van der Waals surface area contributed by atoms with Gasteiger partial charge in [-0.15, -0.1) is 0 Å². The van der Waals surface area contributed by atoms with E-state index in [0.717, 1.165) is 12.1 Å². The average molecular weight is 505 g/mol. The maximum Gasteiger partial charge on any atom is 0.407 e. The molecule has 11 heteroatoms. The van der Waals surface area contributed by atoms with Gasteiger partial charge in [0.15, 0.2) is 5.65 Å². The van der Waals surface area contributed by atoms with Crippen molar-refractivity contribution in [3.8, 4) is 5.75 Å². The van der Waals surface area contributed by atoms with Crippen molar-refractivity contribution in [2.24, 2.45) is 0 Å². The quantitative estimate of drug-likeness (QED) is 0.409. The van der Waals surface area contributed by atoms with Gasteiger partial charge in [0.05, 0.1) is 25.4 Å². The number of ether oxygens (including phenoxy) is 3. The fourth-order valence-corrected chi connectivity index (χ4v) is 3.18. The third kappa shape index (κ3) is 7.06. The molecule has 2 heterocycles. The smallest absolute Gasteiger partial charge is 0.407 e. The molecule has 194 valence electrons. The van der Waals surface area contributed by atoms with Gasteiger partial charge < -0.3 is 24.8 Å². The van der Waals surface area contributed by atoms with E-state index in [1.807, 2.05) is 0 Å². The first-order chi connectivity index (χ1) is 18.2. The van der Waals surface area contributed by atoms with E-state index in [2.05, 4.69) is 20.7 Å². The van der Waals surface area contributed by atoms with Crippen molar-refractivity contribution in [2.75, 3.05) is 18.5 Å². The molecular formula is C25H32FN5O5. The molecule has 1 aromatic carbocycles. The predicted octanol–water partition coefficient (Wildman–Crippen LogP) is 4.51. The van der Waals surface area contributed by atoms with Gasteiger partial charge in [-0.1, -0.05) is 0 Å². The zero-order valence-corrected chi connectivity index (χ0v) is 20.8. The van der Waals surface area contributed by atoms with E-state index in [9.17, 15) is 14.0 Å². The van der Waals surface area contributed by atoms with Crippen LogP contribution in [0.1, 0.15) is 67.5 Å². The van der Waals surface area contributed by atoms with E-state index >= 15 is 0 Å². The van der Waals surface area contributed by atoms with E-state index in [0.29, 0.717) is 0 Å². The normalized spacial score (nSPS) is 14.7. The Morgan fingerprint density at radius 3 is 2.75 bits per heavy atom. The molecule has 0 bridgehead atoms. The van der Waals surface area contributed by atoms with Gasteiger partial charge in [-0.25, -0.2) is 23.5 Å². The van der Waals surface area contributed by atoms with Crippen LogP contribution in [0, 0.1) is 5.82 Å². The molecule has 3 aromatic rings. The maximum atomic E-state index is 14.3. The lowest BCUT2D eigenvalue weighted by Crippen LogP contribution is -2.37. The molecule has 2 atom stereocenters. The second kappa shape index (κ2) is 11.2. The second-order valence-corrected chi connectivity index (χ2v) is 8.93. The number of hydrogen-bond acceptors (Lipinski definition) is 8. The molecule has 0 spiro atoms. The van der Waals surface area contributed by atoms with Gasteiger partial charge in [0.25, 0.3) is 0 Å². The van der Waals surface area contributed by atoms with Gasteiger partial charge in [-0.3, -0.25) is 0 Å². The summed E-state index contributed by atoms with van der Waals surface area (Å²) in [7, 11) is 0. The number of rotatable bonds is 9. The van der Waals surface area contributed by atoms with Crippen LogP contribution in [0.15, 0.2) is 36.7 Å². The minimum Gasteiger partial charge on any atom is -0.489 e. The molecule has 0 aliphatic heterocycles. The monoisotopic (exact) mass is 504 g/mol. The highest BCUT2D eigenvalue weighted by atomic mass is 19.1. The summed E-state index contributed by atoms with van der Waals surface area (Å²) in [6.07, 6.45) is 1.55. The molecule has 0 radical (unpaired) electrons. The molecule has 2 N–H and O–H groups in total. The lowest BCUT2D eigenvalue weighted by molar-refractivity contribution is 0.0501. The fourth-order valence-electron chi connectivity index (χ4n) is 3.18. The van der Waals surface area contributed by atoms with Gasteiger partial charge in [0, 0.05) is 15.9 Å². The largest absolute Gasteiger partial charge is 0.489 e. The van der Waals surface area contributed by atoms with Crippen LogP contribution in [-0.2, 0) is 9.47 Å². The van der Waals surface area contributed by atoms with Crippen molar-refractivity contribution in [3.63, 3.8) is 0 Å². The molecule has 0 saturated heterocycles. The van der Waals surface area contributed by atoms with Gasteiger partial charge in [-0.2, -0.15) is 5.10 Å². The van der Waals surface area contributed by atoms with Crippen molar-refractivity contribution >= 4 is 23.5 Å². The summed E-state index contributed by atoms with van der Waals surface area (Å²) in [6, 6.07) is 3.56. The standard InChI is InChI=1S/C25H32FN5O5/c1-7-34-23(32)19-14-28-31-11-10-21(30-22(19)31)29-16(3)18-12-17(26)8-9-20(18)35-15(2)13-27-24(33)36-25(4,5)6/h8-12,14-16H,7,13H2,1-6H3,(H,27,33)(H,29,30)/t15-,16+/m0/s1/i3D3. The number of carbonyl (C=O) groups is 2. The van der Waals surface area contributed by atoms with Gasteiger partial charge >= 0.3 is 12.1 Å². The molecule has 36 heavy (non-hydrogen) atoms. The number of nitrogens with one attached hydrogen (secondary N) is 2. The minimum atomic E-state index is -2.66. The molecule has 0 saturated carbocycles. The first-order valence-corrected chi connectivity index (χ1v) is 11.4. The average Bonchev–Trinajstić information content (AvgIpc) is 3.24. The first-order valence-electron chi connectivity index (χ1n) is 12.9. The van der Waals surface area contributed by atoms with Crippen molar-refractivity contribution in [1.82, 2.24) is 19.9 Å². The van der Waals surface area contributed by atoms with Crippen LogP contribution in [0.25, 0.3) is 5.65 Å². The van der Waals surface area contributed by atoms with Crippen molar-refractivity contribution in [3.05, 3.63) is 53.6 Å². The number of hydrogen-bond donors (Lipinski definition) is 2. The summed E-state index contributed by atoms with van der Waals surface area (Å²) in [5.41, 5.74) is -0.408. The Kier molecular flexibility index (Phi) is 7.04. The Morgan fingerprint density at radius 2 is 2.06 bits per heavy atom. The highest BCUT2D eigenvalue weighted by molar-refractivity contribution is 5.95. The van der Waals surface area contributed by atoms with Crippen molar-refractivity contribution < 1.29 is 32.3 Å². The summed E-state index contributed by atoms with van der Waals surface area (Å²) in [5.74, 6) is -1.10. The Balaban J connectivity index is 1.88. The van der Waals surface area contributed by atoms with Crippen LogP contribution in [0.3, 0.4) is 0 Å². The number of carbonyl (C=O) groups excluding carboxylic acids is 2. The van der Waals surface area contributed by atoms with Crippen LogP contribution < -0.4 is 15.4 Å². The van der Waals surface area contributed by atoms with Crippen LogP contribution >= 0.6 is 0 Å². The van der Waals surface area contributed by atoms with Gasteiger partial charge in [0.1, 0.15) is 34.7 Å². The number of nitrogens with zero attached hydrogens (tertiary/aromatic N) is 3. The number of aromatic nitrogens is 3. The lowest BCUT2D eigenvalue weighted by atomic mass is 10.1. The van der Waals surface area contributed by atoms with Gasteiger partial charge in [0.2, 0.25) is 0 Å². The van der Waals surface area contributed by atoms with Crippen molar-refractivity contribution in [1.29, 1.82) is 0 Å². The van der Waals surface area contributed by atoms with E-state index in [1.54, 1.807) is 34.6 Å². The number of anilines is 1. The van der Waals surface area contributed by atoms with E-state index in [4.69, 9.17) is 18.3 Å². The summed E-state index contributed by atoms with van der Waals surface area (Å²) in [4.78, 5) is 28.6. The van der Waals surface area contributed by atoms with E-state index < -0.39 is 42.5 Å². The maximum absolute atomic E-state index is 14.3. The fraction of sp³-hybridized carbons (Fsp3) is 0.440. The Labute approximate surface area is 213 Å². The minimum absolute atomic E-state index is 0.0138. The molecule has 0 unspecified atom stereocenters. The molecular weight excluding hydrogens is 469 g/mol. The SMILES string of the molecule is [2H]C([2H])([2H])[C@@H](Nc1ccn2ncc(C(=O)OCC)c2n1)c1cc(F)ccc1O[C@@H](C)CNC(=O)OC(C)(C)C. The third-order valence-electron chi connectivity index (χ3n) is 4.70. The molecule has 10 nitrogen and oxygen atoms in total. The molecule has 2 aromatic heterocycles. The molecule has 0 fully saturated rings. The van der Waals surface area contributed by atoms with Crippen molar-refractivity contribution in [2.45, 2.75) is 59.2 Å². The Bertz CT molecular complexity index is 1330. The molecule has 0 aliphatic carbocycles. The topological polar surface area (TPSA) is 116 Å². The molecule has 1 amide bonds. The van der Waals surface area contributed by atoms with Crippen LogP contribution in [0.2, 0.25) is 0 Å². The summed E-state index contributed by atoms with van der Waals surface area (Å²) < 4.78 is 56.3. The van der Waals surface area contributed by atoms with E-state index in [1.165, 1.54) is 29.0 Å². The number of amides is 1. The summed E-state index contributed by atoms with van der Waals surface area (Å²) in [6.45, 7) is 6.06. The number of halogens is 1. The Morgan fingerprint density at radius 1 is 1.28 bits per heavy atom. The zero-order chi connectivity index (χ0) is 29.0. The highest BCUT2D eigenvalue weighted by Crippen LogP contribution is 2.29. The third-order valence-corrected chi connectivity index (χ3v) is 4.70. The first kappa shape index (κ1) is 22.6. The number of fused-ring (bicyclic) bond motifs is 1. The summed E-state index contributed by atoms with van der Waals surface area (Å²) in [5, 5.41) is 9.48. The highest BCUT2D eigenvalue weighted by Gasteiger charge is 2.20. The number of benzene rings is 1. The lowest BCUT2D eigenvalue weighted by Gasteiger charge is -2.23. The zero-order valence-electron chi connectivity index (χ0n) is 23.8. The number of alkyl carbamates (subject to hydrolysis) is 1. The Hall–Kier alpha value is -3.89. The van der Waals surface area contributed by atoms with Crippen LogP contribution in [0.5, 0.6) is 5.75 Å². The van der Waals surface area contributed by atoms with Gasteiger partial charge in [-0.05, 0) is 65.7 Å². The molecule has 0 aliphatic rings. The molecule has 3 rings (SSSR count). The van der Waals surface area contributed by atoms with Crippen LogP contribution in [-0.4, -0.2) is 51.5 Å². The van der Waals surface area contributed by atoms with Crippen LogP contribution in [0.4, 0.5) is 15.0 Å². The summed E-state index contributed by atoms with van der Waals surface area (Å²) >= 11 is 0. The number of esters is 1. The predicted molar refractivity (Wildman–Crippen MR) is 132 cm³/mol. The second-order valence-electron chi connectivity index (χ2n) is 8.93. The van der Waals surface area contributed by atoms with E-state index in [-0.39, 0.29) is 41.5 Å².